The fraction of sp³-hybridized carbons (Fsp3) is 1.00. The highest BCUT2D eigenvalue weighted by molar-refractivity contribution is 7.62. The smallest absolute Gasteiger partial charge is 0.166 e. The zero-order chi connectivity index (χ0) is 6.08. The summed E-state index contributed by atoms with van der Waals surface area (Å²) in [6.07, 6.45) is 0.715. The fourth-order valence-corrected chi connectivity index (χ4v) is 0. The lowest BCUT2D eigenvalue weighted by molar-refractivity contribution is 0.752. The molecule has 0 aromatic rings. The highest BCUT2D eigenvalue weighted by Gasteiger charge is 2.17. The maximum atomic E-state index is 2.80. The van der Waals surface area contributed by atoms with Crippen molar-refractivity contribution in [3.05, 3.63) is 0 Å². The molecule has 0 N–H and O–H groups in total. The molecule has 0 nitrogen and oxygen atoms in total. The van der Waals surface area contributed by atoms with Crippen LogP contribution in [0.4, 0.5) is 0 Å². The van der Waals surface area contributed by atoms with Gasteiger partial charge in [-0.2, -0.15) is 9.12 Å². The molecular formula is C5H14BP. The number of rotatable bonds is 0. The second-order valence-electron chi connectivity index (χ2n) is 3.15. The minimum atomic E-state index is 0.463. The first-order valence-electron chi connectivity index (χ1n) is 2.70. The lowest BCUT2D eigenvalue weighted by Crippen LogP contribution is -2.12. The Morgan fingerprint density at radius 3 is 1.43 bits per heavy atom. The standard InChI is InChI=1S/C5H14BP/c1-5(2,3)6(4)7/h7H2,1-4H3. The number of hydrogen-bond acceptors (Lipinski definition) is 0. The van der Waals surface area contributed by atoms with Crippen LogP contribution in [-0.2, 0) is 0 Å². The molecular weight excluding hydrogens is 102 g/mol. The molecule has 0 aliphatic heterocycles. The van der Waals surface area contributed by atoms with Gasteiger partial charge < -0.3 is 0 Å². The van der Waals surface area contributed by atoms with E-state index in [1.165, 1.54) is 0 Å². The van der Waals surface area contributed by atoms with E-state index in [4.69, 9.17) is 0 Å². The molecule has 42 valence electrons. The van der Waals surface area contributed by atoms with Crippen LogP contribution < -0.4 is 0 Å². The summed E-state index contributed by atoms with van der Waals surface area (Å²) in [6, 6.07) is 0. The van der Waals surface area contributed by atoms with Gasteiger partial charge in [-0.05, 0) is 0 Å². The summed E-state index contributed by atoms with van der Waals surface area (Å²) < 4.78 is 0. The molecule has 0 aromatic heterocycles. The first-order chi connectivity index (χ1) is 2.94. The third-order valence-corrected chi connectivity index (χ3v) is 2.37. The van der Waals surface area contributed by atoms with Crippen molar-refractivity contribution in [3.8, 4) is 0 Å². The van der Waals surface area contributed by atoms with Gasteiger partial charge in [0.2, 0.25) is 0 Å². The molecule has 0 spiro atoms. The van der Waals surface area contributed by atoms with E-state index in [0.29, 0.717) is 11.7 Å². The minimum Gasteiger partial charge on any atom is -0.171 e. The molecule has 1 atom stereocenters. The Hall–Kier alpha value is 0.495. The predicted octanol–water partition coefficient (Wildman–Crippen LogP) is 2.28. The van der Waals surface area contributed by atoms with Crippen molar-refractivity contribution in [1.29, 1.82) is 0 Å². The van der Waals surface area contributed by atoms with Gasteiger partial charge in [-0.15, -0.1) is 0 Å². The van der Waals surface area contributed by atoms with Crippen molar-refractivity contribution >= 4 is 15.6 Å². The molecule has 0 amide bonds. The van der Waals surface area contributed by atoms with Gasteiger partial charge >= 0.3 is 0 Å². The summed E-state index contributed by atoms with van der Waals surface area (Å²) >= 11 is 0. The zero-order valence-electron chi connectivity index (χ0n) is 5.65. The van der Waals surface area contributed by atoms with Gasteiger partial charge in [0.15, 0.2) is 6.43 Å². The Balaban J connectivity index is 3.54. The Bertz CT molecular complexity index is 53.6. The van der Waals surface area contributed by atoms with E-state index >= 15 is 0 Å². The van der Waals surface area contributed by atoms with Gasteiger partial charge in [-0.1, -0.05) is 32.9 Å². The van der Waals surface area contributed by atoms with Crippen LogP contribution in [0.1, 0.15) is 20.8 Å². The highest BCUT2D eigenvalue weighted by Crippen LogP contribution is 2.29. The second-order valence-corrected chi connectivity index (χ2v) is 4.15. The van der Waals surface area contributed by atoms with Crippen LogP contribution in [-0.4, -0.2) is 6.43 Å². The highest BCUT2D eigenvalue weighted by atomic mass is 31.0. The van der Waals surface area contributed by atoms with Gasteiger partial charge in [0.1, 0.15) is 0 Å². The Labute approximate surface area is 49.3 Å². The quantitative estimate of drug-likeness (QED) is 0.336. The molecule has 7 heavy (non-hydrogen) atoms. The Morgan fingerprint density at radius 2 is 1.43 bits per heavy atom. The maximum absolute atomic E-state index is 2.80. The topological polar surface area (TPSA) is 0 Å². The van der Waals surface area contributed by atoms with E-state index < -0.39 is 0 Å². The van der Waals surface area contributed by atoms with Gasteiger partial charge in [0.25, 0.3) is 0 Å². The van der Waals surface area contributed by atoms with Crippen LogP contribution >= 0.6 is 9.12 Å². The molecule has 0 fully saturated rings. The van der Waals surface area contributed by atoms with Crippen LogP contribution in [0.2, 0.25) is 12.1 Å². The van der Waals surface area contributed by atoms with E-state index in [1.54, 1.807) is 0 Å². The van der Waals surface area contributed by atoms with Gasteiger partial charge in [-0.3, -0.25) is 0 Å². The first kappa shape index (κ1) is 7.49. The third kappa shape index (κ3) is 3.11. The monoisotopic (exact) mass is 116 g/mol. The first-order valence-corrected chi connectivity index (χ1v) is 3.37. The van der Waals surface area contributed by atoms with Crippen LogP contribution in [0.3, 0.4) is 0 Å². The average Bonchev–Trinajstić information content (AvgIpc) is 1.31. The summed E-state index contributed by atoms with van der Waals surface area (Å²) in [4.78, 5) is 0. The van der Waals surface area contributed by atoms with Gasteiger partial charge in [0, 0.05) is 0 Å². The average molecular weight is 116 g/mol. The number of hydrogen-bond donors (Lipinski definition) is 0. The normalized spacial score (nSPS) is 11.6. The van der Waals surface area contributed by atoms with Crippen molar-refractivity contribution in [2.75, 3.05) is 0 Å². The molecule has 0 saturated heterocycles. The molecule has 0 aliphatic rings. The molecule has 0 rings (SSSR count). The van der Waals surface area contributed by atoms with Crippen molar-refractivity contribution in [2.24, 2.45) is 0 Å². The molecule has 0 radical (unpaired) electrons. The van der Waals surface area contributed by atoms with Crippen molar-refractivity contribution in [3.63, 3.8) is 0 Å². The van der Waals surface area contributed by atoms with Crippen LogP contribution in [0.25, 0.3) is 0 Å². The molecule has 2 heteroatoms. The second kappa shape index (κ2) is 2.18. The summed E-state index contributed by atoms with van der Waals surface area (Å²) in [7, 11) is 2.80. The van der Waals surface area contributed by atoms with Crippen LogP contribution in [0.15, 0.2) is 0 Å². The summed E-state index contributed by atoms with van der Waals surface area (Å²) in [5.41, 5.74) is 0. The van der Waals surface area contributed by atoms with E-state index in [1.807, 2.05) is 0 Å². The molecule has 0 bridgehead atoms. The van der Waals surface area contributed by atoms with Crippen LogP contribution in [0, 0.1) is 0 Å². The third-order valence-electron chi connectivity index (χ3n) is 1.37. The fourth-order valence-electron chi connectivity index (χ4n) is 0. The molecule has 0 saturated carbocycles. The van der Waals surface area contributed by atoms with E-state index in [0.717, 1.165) is 0 Å². The predicted molar refractivity (Wildman–Crippen MR) is 41.0 cm³/mol. The maximum Gasteiger partial charge on any atom is 0.166 e. The summed E-state index contributed by atoms with van der Waals surface area (Å²) in [5, 5.41) is 0.463. The van der Waals surface area contributed by atoms with E-state index in [2.05, 4.69) is 36.7 Å². The van der Waals surface area contributed by atoms with Crippen LogP contribution in [0.5, 0.6) is 0 Å². The van der Waals surface area contributed by atoms with Gasteiger partial charge in [0.05, 0.1) is 0 Å². The van der Waals surface area contributed by atoms with E-state index in [9.17, 15) is 0 Å². The summed E-state index contributed by atoms with van der Waals surface area (Å²) in [6.45, 7) is 8.94. The van der Waals surface area contributed by atoms with Crippen molar-refractivity contribution in [2.45, 2.75) is 32.9 Å². The SMILES string of the molecule is CB(P)C(C)(C)C. The van der Waals surface area contributed by atoms with E-state index in [-0.39, 0.29) is 0 Å². The Morgan fingerprint density at radius 1 is 1.29 bits per heavy atom. The van der Waals surface area contributed by atoms with Crippen molar-refractivity contribution in [1.82, 2.24) is 0 Å². The largest absolute Gasteiger partial charge is 0.171 e. The Kier molecular flexibility index (Phi) is 2.33. The molecule has 0 aliphatic carbocycles. The molecule has 1 unspecified atom stereocenters. The minimum absolute atomic E-state index is 0.463. The zero-order valence-corrected chi connectivity index (χ0v) is 6.81. The summed E-state index contributed by atoms with van der Waals surface area (Å²) in [5.74, 6) is 0. The van der Waals surface area contributed by atoms with Gasteiger partial charge in [-0.25, -0.2) is 0 Å². The molecule has 0 aromatic carbocycles. The molecule has 0 heterocycles. The lowest BCUT2D eigenvalue weighted by Gasteiger charge is -2.19. The van der Waals surface area contributed by atoms with Crippen molar-refractivity contribution < 1.29 is 0 Å². The lowest BCUT2D eigenvalue weighted by atomic mass is 9.55.